The predicted molar refractivity (Wildman–Crippen MR) is 54.9 cm³/mol. The van der Waals surface area contributed by atoms with Crippen molar-refractivity contribution < 1.29 is 9.90 Å². The first kappa shape index (κ1) is 10.0. The Morgan fingerprint density at radius 1 is 1.21 bits per heavy atom. The van der Waals surface area contributed by atoms with Crippen molar-refractivity contribution in [3.8, 4) is 0 Å². The highest BCUT2D eigenvalue weighted by molar-refractivity contribution is 5.71. The molecule has 2 fully saturated rings. The quantitative estimate of drug-likeness (QED) is 0.700. The molecule has 0 aliphatic heterocycles. The molecule has 0 amide bonds. The van der Waals surface area contributed by atoms with Gasteiger partial charge in [-0.2, -0.15) is 0 Å². The Morgan fingerprint density at radius 3 is 2.29 bits per heavy atom. The molecule has 0 aromatic rings. The van der Waals surface area contributed by atoms with Crippen LogP contribution in [-0.4, -0.2) is 11.1 Å². The molecule has 0 saturated heterocycles. The molecule has 2 heteroatoms. The molecular weight excluding hydrogens is 176 g/mol. The van der Waals surface area contributed by atoms with Gasteiger partial charge in [0.2, 0.25) is 0 Å². The Bertz CT molecular complexity index is 252. The number of hydrogen-bond donors (Lipinski definition) is 1. The molecule has 0 heterocycles. The van der Waals surface area contributed by atoms with E-state index in [9.17, 15) is 4.79 Å². The lowest BCUT2D eigenvalue weighted by atomic mass is 9.68. The fourth-order valence-electron chi connectivity index (χ4n) is 3.63. The molecule has 0 spiro atoms. The smallest absolute Gasteiger partial charge is 0.306 e. The second kappa shape index (κ2) is 2.98. The molecule has 2 aliphatic rings. The number of hydrogen-bond acceptors (Lipinski definition) is 1. The van der Waals surface area contributed by atoms with Gasteiger partial charge in [-0.3, -0.25) is 4.79 Å². The third-order valence-electron chi connectivity index (χ3n) is 4.24. The van der Waals surface area contributed by atoms with E-state index in [0.717, 1.165) is 6.42 Å². The van der Waals surface area contributed by atoms with Crippen molar-refractivity contribution in [3.63, 3.8) is 0 Å². The Morgan fingerprint density at radius 2 is 1.86 bits per heavy atom. The van der Waals surface area contributed by atoms with Crippen LogP contribution in [0.4, 0.5) is 0 Å². The summed E-state index contributed by atoms with van der Waals surface area (Å²) >= 11 is 0. The summed E-state index contributed by atoms with van der Waals surface area (Å²) in [6, 6.07) is 0. The van der Waals surface area contributed by atoms with Crippen LogP contribution < -0.4 is 0 Å². The number of carboxylic acids is 1. The third kappa shape index (κ3) is 1.45. The Hall–Kier alpha value is -0.530. The third-order valence-corrected chi connectivity index (χ3v) is 4.24. The van der Waals surface area contributed by atoms with Gasteiger partial charge in [0, 0.05) is 0 Å². The average molecular weight is 196 g/mol. The van der Waals surface area contributed by atoms with E-state index in [-0.39, 0.29) is 11.3 Å². The normalized spacial score (nSPS) is 41.6. The lowest BCUT2D eigenvalue weighted by Crippen LogP contribution is -2.33. The molecule has 2 rings (SSSR count). The van der Waals surface area contributed by atoms with E-state index in [1.54, 1.807) is 0 Å². The molecule has 0 radical (unpaired) electrons. The fourth-order valence-corrected chi connectivity index (χ4v) is 3.63. The average Bonchev–Trinajstić information content (AvgIpc) is 2.58. The van der Waals surface area contributed by atoms with E-state index < -0.39 is 5.97 Å². The first-order chi connectivity index (χ1) is 6.39. The largest absolute Gasteiger partial charge is 0.481 e. The molecule has 2 saturated carbocycles. The van der Waals surface area contributed by atoms with E-state index >= 15 is 0 Å². The van der Waals surface area contributed by atoms with Crippen molar-refractivity contribution in [2.75, 3.05) is 0 Å². The molecule has 2 aliphatic carbocycles. The second-order valence-electron chi connectivity index (χ2n) is 6.15. The minimum absolute atomic E-state index is 0.0435. The Balaban J connectivity index is 2.16. The number of fused-ring (bicyclic) bond motifs is 2. The van der Waals surface area contributed by atoms with E-state index in [1.165, 1.54) is 12.8 Å². The molecule has 2 bridgehead atoms. The lowest BCUT2D eigenvalue weighted by Gasteiger charge is -2.36. The lowest BCUT2D eigenvalue weighted by molar-refractivity contribution is -0.144. The van der Waals surface area contributed by atoms with Crippen LogP contribution in [0.3, 0.4) is 0 Å². The van der Waals surface area contributed by atoms with Crippen LogP contribution in [0.15, 0.2) is 0 Å². The topological polar surface area (TPSA) is 37.3 Å². The van der Waals surface area contributed by atoms with Crippen LogP contribution in [0.2, 0.25) is 0 Å². The summed E-state index contributed by atoms with van der Waals surface area (Å²) in [6.45, 7) is 6.74. The van der Waals surface area contributed by atoms with Gasteiger partial charge in [0.15, 0.2) is 0 Å². The van der Waals surface area contributed by atoms with Crippen LogP contribution in [0, 0.1) is 29.1 Å². The van der Waals surface area contributed by atoms with Gasteiger partial charge in [-0.1, -0.05) is 20.8 Å². The maximum Gasteiger partial charge on any atom is 0.306 e. The Labute approximate surface area is 85.7 Å². The van der Waals surface area contributed by atoms with Crippen LogP contribution in [0.5, 0.6) is 0 Å². The summed E-state index contributed by atoms with van der Waals surface area (Å²) in [7, 11) is 0. The minimum Gasteiger partial charge on any atom is -0.481 e. The first-order valence-corrected chi connectivity index (χ1v) is 5.62. The van der Waals surface area contributed by atoms with Crippen LogP contribution in [-0.2, 0) is 4.79 Å². The van der Waals surface area contributed by atoms with Crippen molar-refractivity contribution in [1.29, 1.82) is 0 Å². The monoisotopic (exact) mass is 196 g/mol. The van der Waals surface area contributed by atoms with Crippen molar-refractivity contribution in [1.82, 2.24) is 0 Å². The van der Waals surface area contributed by atoms with Gasteiger partial charge in [0.25, 0.3) is 0 Å². The molecule has 0 aromatic heterocycles. The van der Waals surface area contributed by atoms with E-state index in [4.69, 9.17) is 5.11 Å². The summed E-state index contributed by atoms with van der Waals surface area (Å²) in [5, 5.41) is 9.12. The van der Waals surface area contributed by atoms with Crippen molar-refractivity contribution in [3.05, 3.63) is 0 Å². The standard InChI is InChI=1S/C12H20O2/c1-12(2,3)10-6-7-4-8(10)9(5-7)11(13)14/h7-10H,4-6H2,1-3H3,(H,13,14). The number of carboxylic acid groups (broad SMARTS) is 1. The minimum atomic E-state index is -0.563. The van der Waals surface area contributed by atoms with Crippen molar-refractivity contribution in [2.45, 2.75) is 40.0 Å². The molecule has 14 heavy (non-hydrogen) atoms. The van der Waals surface area contributed by atoms with E-state index in [1.807, 2.05) is 0 Å². The van der Waals surface area contributed by atoms with Crippen LogP contribution >= 0.6 is 0 Å². The van der Waals surface area contributed by atoms with Crippen molar-refractivity contribution in [2.24, 2.45) is 29.1 Å². The highest BCUT2D eigenvalue weighted by atomic mass is 16.4. The zero-order valence-electron chi connectivity index (χ0n) is 9.29. The molecular formula is C12H20O2. The van der Waals surface area contributed by atoms with Gasteiger partial charge in [0.05, 0.1) is 5.92 Å². The molecule has 2 nitrogen and oxygen atoms in total. The predicted octanol–water partition coefficient (Wildman–Crippen LogP) is 2.78. The highest BCUT2D eigenvalue weighted by Crippen LogP contribution is 2.57. The molecule has 0 aromatic carbocycles. The maximum absolute atomic E-state index is 11.1. The van der Waals surface area contributed by atoms with Gasteiger partial charge in [-0.15, -0.1) is 0 Å². The summed E-state index contributed by atoms with van der Waals surface area (Å²) in [5.41, 5.74) is 0.285. The maximum atomic E-state index is 11.1. The van der Waals surface area contributed by atoms with E-state index in [0.29, 0.717) is 17.8 Å². The summed E-state index contributed by atoms with van der Waals surface area (Å²) in [4.78, 5) is 11.1. The second-order valence-corrected chi connectivity index (χ2v) is 6.15. The van der Waals surface area contributed by atoms with Gasteiger partial charge >= 0.3 is 5.97 Å². The number of carbonyl (C=O) groups is 1. The van der Waals surface area contributed by atoms with Gasteiger partial charge in [-0.05, 0) is 42.4 Å². The zero-order valence-corrected chi connectivity index (χ0v) is 9.29. The number of rotatable bonds is 1. The molecule has 1 N–H and O–H groups in total. The zero-order chi connectivity index (χ0) is 10.5. The summed E-state index contributed by atoms with van der Waals surface area (Å²) in [5.74, 6) is 1.18. The molecule has 4 atom stereocenters. The highest BCUT2D eigenvalue weighted by Gasteiger charge is 2.52. The molecule has 80 valence electrons. The Kier molecular flexibility index (Phi) is 2.13. The molecule has 4 unspecified atom stereocenters. The van der Waals surface area contributed by atoms with Gasteiger partial charge < -0.3 is 5.11 Å². The first-order valence-electron chi connectivity index (χ1n) is 5.62. The van der Waals surface area contributed by atoms with Crippen molar-refractivity contribution >= 4 is 5.97 Å². The fraction of sp³-hybridized carbons (Fsp3) is 0.917. The van der Waals surface area contributed by atoms with E-state index in [2.05, 4.69) is 20.8 Å². The van der Waals surface area contributed by atoms with Gasteiger partial charge in [0.1, 0.15) is 0 Å². The van der Waals surface area contributed by atoms with Gasteiger partial charge in [-0.25, -0.2) is 0 Å². The number of aliphatic carboxylic acids is 1. The summed E-state index contributed by atoms with van der Waals surface area (Å²) < 4.78 is 0. The van der Waals surface area contributed by atoms with Crippen LogP contribution in [0.1, 0.15) is 40.0 Å². The van der Waals surface area contributed by atoms with Crippen LogP contribution in [0.25, 0.3) is 0 Å². The summed E-state index contributed by atoms with van der Waals surface area (Å²) in [6.07, 6.45) is 3.36. The SMILES string of the molecule is CC(C)(C)C1CC2CC(C(=O)O)C1C2.